The number of nitrogens with one attached hydrogen (secondary N) is 1. The maximum atomic E-state index is 5.88. The molecule has 1 aliphatic rings. The first-order valence-electron chi connectivity index (χ1n) is 5.63. The number of halogens is 1. The van der Waals surface area contributed by atoms with E-state index in [-0.39, 0.29) is 0 Å². The lowest BCUT2D eigenvalue weighted by atomic mass is 10.1. The second-order valence-corrected chi connectivity index (χ2v) is 4.31. The summed E-state index contributed by atoms with van der Waals surface area (Å²) in [5, 5.41) is 3.86. The fourth-order valence-electron chi connectivity index (χ4n) is 1.81. The van der Waals surface area contributed by atoms with Crippen molar-refractivity contribution in [3.8, 4) is 0 Å². The minimum atomic E-state index is 0.430. The molecule has 0 amide bonds. The highest BCUT2D eigenvalue weighted by Gasteiger charge is 2.12. The van der Waals surface area contributed by atoms with Gasteiger partial charge in [-0.1, -0.05) is 18.0 Å². The van der Waals surface area contributed by atoms with Gasteiger partial charge in [0.05, 0.1) is 13.2 Å². The van der Waals surface area contributed by atoms with Gasteiger partial charge in [0.2, 0.25) is 0 Å². The molecule has 1 fully saturated rings. The number of hydrogen-bond donors (Lipinski definition) is 1. The largest absolute Gasteiger partial charge is 0.373 e. The van der Waals surface area contributed by atoms with E-state index >= 15 is 0 Å². The van der Waals surface area contributed by atoms with Crippen LogP contribution in [0.2, 0.25) is 5.15 Å². The number of nitrogens with zero attached hydrogens (tertiary/aromatic N) is 2. The van der Waals surface area contributed by atoms with Crippen LogP contribution in [0.5, 0.6) is 0 Å². The van der Waals surface area contributed by atoms with Gasteiger partial charge in [0, 0.05) is 18.4 Å². The van der Waals surface area contributed by atoms with Crippen molar-refractivity contribution in [3.05, 3.63) is 23.2 Å². The van der Waals surface area contributed by atoms with E-state index in [4.69, 9.17) is 16.3 Å². The number of hydrogen-bond acceptors (Lipinski definition) is 4. The number of ether oxygens (including phenoxy) is 1. The van der Waals surface area contributed by atoms with Crippen LogP contribution in [0.15, 0.2) is 12.4 Å². The van der Waals surface area contributed by atoms with Crippen LogP contribution in [-0.2, 0) is 11.3 Å². The molecule has 0 aromatic carbocycles. The van der Waals surface area contributed by atoms with Gasteiger partial charge in [0.1, 0.15) is 5.69 Å². The maximum Gasteiger partial charge on any atom is 0.152 e. The highest BCUT2D eigenvalue weighted by molar-refractivity contribution is 6.29. The summed E-state index contributed by atoms with van der Waals surface area (Å²) in [7, 11) is 0. The van der Waals surface area contributed by atoms with Crippen LogP contribution in [0.25, 0.3) is 0 Å². The zero-order valence-corrected chi connectivity index (χ0v) is 9.91. The minimum absolute atomic E-state index is 0.430. The van der Waals surface area contributed by atoms with E-state index in [1.54, 1.807) is 12.4 Å². The Labute approximate surface area is 100 Å². The third-order valence-electron chi connectivity index (χ3n) is 2.69. The van der Waals surface area contributed by atoms with Gasteiger partial charge in [-0.15, -0.1) is 0 Å². The van der Waals surface area contributed by atoms with Crippen LogP contribution in [0.4, 0.5) is 0 Å². The van der Waals surface area contributed by atoms with Gasteiger partial charge in [0.15, 0.2) is 5.15 Å². The number of aromatic nitrogens is 2. The second-order valence-electron chi connectivity index (χ2n) is 3.96. The molecule has 0 spiro atoms. The summed E-state index contributed by atoms with van der Waals surface area (Å²) in [5.41, 5.74) is 0.708. The molecule has 1 atom stereocenters. The monoisotopic (exact) mass is 241 g/mol. The molecule has 0 aliphatic carbocycles. The smallest absolute Gasteiger partial charge is 0.152 e. The highest BCUT2D eigenvalue weighted by atomic mass is 35.5. The van der Waals surface area contributed by atoms with Crippen LogP contribution in [0.3, 0.4) is 0 Å². The standard InChI is InChI=1S/C11H16ClN3O/c12-11-10(14-5-6-15-11)8-16-7-9-3-1-2-4-13-9/h5-6,9,13H,1-4,7-8H2/t9-/m0/s1. The number of piperidine rings is 1. The van der Waals surface area contributed by atoms with Crippen LogP contribution in [0.1, 0.15) is 25.0 Å². The molecule has 0 bridgehead atoms. The summed E-state index contributed by atoms with van der Waals surface area (Å²) in [6.07, 6.45) is 6.95. The molecule has 1 aliphatic heterocycles. The fourth-order valence-corrected chi connectivity index (χ4v) is 1.97. The Kier molecular flexibility index (Phi) is 4.51. The molecular weight excluding hydrogens is 226 g/mol. The Morgan fingerprint density at radius 3 is 3.00 bits per heavy atom. The molecule has 4 nitrogen and oxygen atoms in total. The summed E-state index contributed by atoms with van der Waals surface area (Å²) < 4.78 is 5.59. The molecule has 1 aromatic heterocycles. The first-order chi connectivity index (χ1) is 7.86. The third kappa shape index (κ3) is 3.40. The first-order valence-corrected chi connectivity index (χ1v) is 6.00. The molecule has 2 heterocycles. The van der Waals surface area contributed by atoms with Crippen molar-refractivity contribution >= 4 is 11.6 Å². The fraction of sp³-hybridized carbons (Fsp3) is 0.636. The summed E-state index contributed by atoms with van der Waals surface area (Å²) in [5.74, 6) is 0. The SMILES string of the molecule is Clc1nccnc1COC[C@@H]1CCCCN1. The van der Waals surface area contributed by atoms with Gasteiger partial charge < -0.3 is 10.1 Å². The molecule has 0 unspecified atom stereocenters. The Hall–Kier alpha value is -0.710. The normalized spacial score (nSPS) is 20.9. The topological polar surface area (TPSA) is 47.0 Å². The molecular formula is C11H16ClN3O. The van der Waals surface area contributed by atoms with E-state index in [0.29, 0.717) is 30.1 Å². The second kappa shape index (κ2) is 6.13. The van der Waals surface area contributed by atoms with Gasteiger partial charge in [0.25, 0.3) is 0 Å². The van der Waals surface area contributed by atoms with E-state index in [1.807, 2.05) is 0 Å². The lowest BCUT2D eigenvalue weighted by Crippen LogP contribution is -2.37. The first kappa shape index (κ1) is 11.8. The van der Waals surface area contributed by atoms with Crippen molar-refractivity contribution in [1.82, 2.24) is 15.3 Å². The number of rotatable bonds is 4. The molecule has 1 saturated heterocycles. The molecule has 1 N–H and O–H groups in total. The van der Waals surface area contributed by atoms with E-state index in [9.17, 15) is 0 Å². The lowest BCUT2D eigenvalue weighted by molar-refractivity contribution is 0.0889. The van der Waals surface area contributed by atoms with Crippen molar-refractivity contribution in [2.45, 2.75) is 31.9 Å². The average molecular weight is 242 g/mol. The van der Waals surface area contributed by atoms with Crippen molar-refractivity contribution in [2.75, 3.05) is 13.2 Å². The van der Waals surface area contributed by atoms with E-state index in [2.05, 4.69) is 15.3 Å². The van der Waals surface area contributed by atoms with Crippen LogP contribution in [0, 0.1) is 0 Å². The van der Waals surface area contributed by atoms with Gasteiger partial charge in [-0.2, -0.15) is 0 Å². The van der Waals surface area contributed by atoms with Crippen LogP contribution >= 0.6 is 11.6 Å². The average Bonchev–Trinajstić information content (AvgIpc) is 2.33. The summed E-state index contributed by atoms with van der Waals surface area (Å²) >= 11 is 5.88. The van der Waals surface area contributed by atoms with Crippen LogP contribution < -0.4 is 5.32 Å². The molecule has 2 rings (SSSR count). The van der Waals surface area contributed by atoms with Gasteiger partial charge in [-0.25, -0.2) is 4.98 Å². The Morgan fingerprint density at radius 1 is 1.38 bits per heavy atom. The summed E-state index contributed by atoms with van der Waals surface area (Å²) in [6, 6.07) is 0.476. The molecule has 16 heavy (non-hydrogen) atoms. The van der Waals surface area contributed by atoms with Crippen LogP contribution in [-0.4, -0.2) is 29.2 Å². The molecule has 0 radical (unpaired) electrons. The van der Waals surface area contributed by atoms with Crippen molar-refractivity contribution in [2.24, 2.45) is 0 Å². The Morgan fingerprint density at radius 2 is 2.25 bits per heavy atom. The van der Waals surface area contributed by atoms with Gasteiger partial charge in [-0.3, -0.25) is 4.98 Å². The zero-order valence-electron chi connectivity index (χ0n) is 9.16. The highest BCUT2D eigenvalue weighted by Crippen LogP contribution is 2.11. The third-order valence-corrected chi connectivity index (χ3v) is 3.01. The maximum absolute atomic E-state index is 5.88. The molecule has 5 heteroatoms. The Bertz CT molecular complexity index is 329. The van der Waals surface area contributed by atoms with E-state index in [1.165, 1.54) is 19.3 Å². The van der Waals surface area contributed by atoms with E-state index in [0.717, 1.165) is 6.54 Å². The van der Waals surface area contributed by atoms with Crippen molar-refractivity contribution < 1.29 is 4.74 Å². The Balaban J connectivity index is 1.73. The van der Waals surface area contributed by atoms with Gasteiger partial charge in [-0.05, 0) is 19.4 Å². The minimum Gasteiger partial charge on any atom is -0.373 e. The zero-order chi connectivity index (χ0) is 11.2. The predicted octanol–water partition coefficient (Wildman–Crippen LogP) is 1.79. The lowest BCUT2D eigenvalue weighted by Gasteiger charge is -2.23. The van der Waals surface area contributed by atoms with Gasteiger partial charge >= 0.3 is 0 Å². The van der Waals surface area contributed by atoms with Crippen molar-refractivity contribution in [3.63, 3.8) is 0 Å². The van der Waals surface area contributed by atoms with Crippen molar-refractivity contribution in [1.29, 1.82) is 0 Å². The summed E-state index contributed by atoms with van der Waals surface area (Å²) in [6.45, 7) is 2.25. The predicted molar refractivity (Wildman–Crippen MR) is 62.3 cm³/mol. The molecule has 0 saturated carbocycles. The quantitative estimate of drug-likeness (QED) is 0.873. The molecule has 88 valence electrons. The molecule has 1 aromatic rings. The summed E-state index contributed by atoms with van der Waals surface area (Å²) in [4.78, 5) is 8.07. The van der Waals surface area contributed by atoms with E-state index < -0.39 is 0 Å².